The molecule has 3 rings (SSSR count). The van der Waals surface area contributed by atoms with Gasteiger partial charge in [0.05, 0.1) is 11.1 Å². The maximum absolute atomic E-state index is 13.5. The summed E-state index contributed by atoms with van der Waals surface area (Å²) in [7, 11) is 1.24. The zero-order chi connectivity index (χ0) is 20.6. The number of amides is 1. The number of H-pyrrole nitrogens is 1. The van der Waals surface area contributed by atoms with E-state index >= 15 is 0 Å². The Morgan fingerprint density at radius 1 is 1.25 bits per heavy atom. The second kappa shape index (κ2) is 6.76. The van der Waals surface area contributed by atoms with Gasteiger partial charge in [0.2, 0.25) is 0 Å². The van der Waals surface area contributed by atoms with Crippen LogP contribution in [0.1, 0.15) is 16.1 Å². The summed E-state index contributed by atoms with van der Waals surface area (Å²) in [4.78, 5) is 19.5. The lowest BCUT2D eigenvalue weighted by Gasteiger charge is -2.12. The van der Waals surface area contributed by atoms with E-state index < -0.39 is 23.6 Å². The molecule has 0 bridgehead atoms. The molecule has 8 nitrogen and oxygen atoms in total. The molecule has 0 aliphatic carbocycles. The highest BCUT2D eigenvalue weighted by molar-refractivity contribution is 6.06. The molecular formula is C17H15F3N6O2. The Labute approximate surface area is 156 Å². The second-order valence-corrected chi connectivity index (χ2v) is 5.88. The molecule has 0 saturated carbocycles. The number of pyridine rings is 1. The summed E-state index contributed by atoms with van der Waals surface area (Å²) < 4.78 is 46.1. The first-order valence-electron chi connectivity index (χ1n) is 7.81. The van der Waals surface area contributed by atoms with Gasteiger partial charge in [-0.15, -0.1) is 0 Å². The molecule has 0 unspecified atom stereocenters. The number of ether oxygens (including phenoxy) is 1. The van der Waals surface area contributed by atoms with Gasteiger partial charge in [0.15, 0.2) is 5.96 Å². The van der Waals surface area contributed by atoms with Crippen molar-refractivity contribution < 1.29 is 22.7 Å². The van der Waals surface area contributed by atoms with E-state index in [0.717, 1.165) is 17.0 Å². The number of fused-ring (bicyclic) bond motifs is 1. The predicted octanol–water partition coefficient (Wildman–Crippen LogP) is 2.92. The van der Waals surface area contributed by atoms with Gasteiger partial charge in [-0.25, -0.2) is 4.98 Å². The third-order valence-electron chi connectivity index (χ3n) is 3.90. The first-order valence-corrected chi connectivity index (χ1v) is 7.81. The van der Waals surface area contributed by atoms with Gasteiger partial charge in [-0.1, -0.05) is 0 Å². The van der Waals surface area contributed by atoms with Gasteiger partial charge >= 0.3 is 6.18 Å². The summed E-state index contributed by atoms with van der Waals surface area (Å²) in [5.41, 5.74) is 9.69. The predicted molar refractivity (Wildman–Crippen MR) is 96.0 cm³/mol. The number of carbonyl (C=O) groups excluding carboxylic acids is 1. The number of hydrogen-bond donors (Lipinski definition) is 4. The normalized spacial score (nSPS) is 11.4. The van der Waals surface area contributed by atoms with Crippen LogP contribution in [0.5, 0.6) is 11.5 Å². The van der Waals surface area contributed by atoms with Crippen molar-refractivity contribution in [3.63, 3.8) is 0 Å². The van der Waals surface area contributed by atoms with Crippen LogP contribution in [0.4, 0.5) is 19.0 Å². The molecule has 2 heterocycles. The molecule has 0 fully saturated rings. The van der Waals surface area contributed by atoms with Crippen molar-refractivity contribution in [3.8, 4) is 11.5 Å². The van der Waals surface area contributed by atoms with Gasteiger partial charge in [0.1, 0.15) is 23.0 Å². The van der Waals surface area contributed by atoms with Gasteiger partial charge in [-0.2, -0.15) is 13.2 Å². The monoisotopic (exact) mass is 392 g/mol. The number of carbonyl (C=O) groups is 1. The van der Waals surface area contributed by atoms with Crippen LogP contribution in [0.25, 0.3) is 10.9 Å². The van der Waals surface area contributed by atoms with Gasteiger partial charge in [0.25, 0.3) is 5.91 Å². The average molecular weight is 392 g/mol. The van der Waals surface area contributed by atoms with E-state index in [1.165, 1.54) is 31.4 Å². The van der Waals surface area contributed by atoms with Crippen molar-refractivity contribution in [2.45, 2.75) is 6.18 Å². The van der Waals surface area contributed by atoms with Gasteiger partial charge in [-0.05, 0) is 18.2 Å². The standard InChI is InChI=1S/C17H15F3N6O2/c1-26(16(22)23)15(27)13-7-10-11(17(18,19)20)4-9(5-12(10)25-13)28-8-2-3-24-14(21)6-8/h2-7,25H,1H3,(H2,21,24)(H3,22,23). The van der Waals surface area contributed by atoms with Gasteiger partial charge < -0.3 is 21.2 Å². The molecule has 0 atom stereocenters. The number of halogens is 3. The van der Waals surface area contributed by atoms with Crippen molar-refractivity contribution in [2.24, 2.45) is 5.73 Å². The third kappa shape index (κ3) is 3.68. The van der Waals surface area contributed by atoms with Crippen molar-refractivity contribution in [2.75, 3.05) is 12.8 Å². The minimum atomic E-state index is -4.69. The summed E-state index contributed by atoms with van der Waals surface area (Å²) in [6, 6.07) is 6.03. The summed E-state index contributed by atoms with van der Waals surface area (Å²) in [6.45, 7) is 0. The first-order chi connectivity index (χ1) is 13.1. The number of nitrogen functional groups attached to an aromatic ring is 1. The molecule has 28 heavy (non-hydrogen) atoms. The lowest BCUT2D eigenvalue weighted by atomic mass is 10.1. The molecule has 0 aliphatic rings. The highest BCUT2D eigenvalue weighted by atomic mass is 19.4. The number of hydrogen-bond acceptors (Lipinski definition) is 5. The van der Waals surface area contributed by atoms with E-state index in [-0.39, 0.29) is 33.9 Å². The lowest BCUT2D eigenvalue weighted by Crippen LogP contribution is -2.38. The maximum Gasteiger partial charge on any atom is 0.417 e. The number of benzene rings is 1. The molecule has 146 valence electrons. The Kier molecular flexibility index (Phi) is 4.59. The molecule has 0 saturated heterocycles. The van der Waals surface area contributed by atoms with Crippen molar-refractivity contribution >= 4 is 28.6 Å². The number of nitrogens with two attached hydrogens (primary N) is 2. The van der Waals surface area contributed by atoms with E-state index in [2.05, 4.69) is 9.97 Å². The van der Waals surface area contributed by atoms with Crippen LogP contribution in [0, 0.1) is 5.41 Å². The Bertz CT molecular complexity index is 1080. The molecule has 0 spiro atoms. The molecular weight excluding hydrogens is 377 g/mol. The Morgan fingerprint density at radius 3 is 2.57 bits per heavy atom. The average Bonchev–Trinajstić information content (AvgIpc) is 3.02. The lowest BCUT2D eigenvalue weighted by molar-refractivity contribution is -0.136. The van der Waals surface area contributed by atoms with Crippen LogP contribution >= 0.6 is 0 Å². The zero-order valence-corrected chi connectivity index (χ0v) is 14.5. The Balaban J connectivity index is 2.10. The SMILES string of the molecule is CN(C(=N)N)C(=O)c1cc2c(C(F)(F)F)cc(Oc3ccnc(N)c3)cc2[nH]1. The molecule has 0 radical (unpaired) electrons. The highest BCUT2D eigenvalue weighted by Gasteiger charge is 2.34. The molecule has 2 aromatic heterocycles. The fourth-order valence-electron chi connectivity index (χ4n) is 2.54. The van der Waals surface area contributed by atoms with E-state index in [9.17, 15) is 18.0 Å². The molecule has 11 heteroatoms. The summed E-state index contributed by atoms with van der Waals surface area (Å²) in [5, 5.41) is 7.07. The Hall–Kier alpha value is -3.76. The second-order valence-electron chi connectivity index (χ2n) is 5.88. The zero-order valence-electron chi connectivity index (χ0n) is 14.5. The largest absolute Gasteiger partial charge is 0.457 e. The summed E-state index contributed by atoms with van der Waals surface area (Å²) >= 11 is 0. The number of nitrogens with one attached hydrogen (secondary N) is 2. The van der Waals surface area contributed by atoms with E-state index in [0.29, 0.717) is 0 Å². The number of alkyl halides is 3. The fraction of sp³-hybridized carbons (Fsp3) is 0.118. The molecule has 1 amide bonds. The molecule has 6 N–H and O–H groups in total. The van der Waals surface area contributed by atoms with Crippen molar-refractivity contribution in [1.82, 2.24) is 14.9 Å². The van der Waals surface area contributed by atoms with Gasteiger partial charge in [-0.3, -0.25) is 15.1 Å². The quantitative estimate of drug-likeness (QED) is 0.402. The minimum absolute atomic E-state index is 0.0344. The summed E-state index contributed by atoms with van der Waals surface area (Å²) in [5.74, 6) is -1.04. The fourth-order valence-corrected chi connectivity index (χ4v) is 2.54. The number of anilines is 1. The minimum Gasteiger partial charge on any atom is -0.457 e. The first kappa shape index (κ1) is 19.0. The molecule has 0 aliphatic heterocycles. The van der Waals surface area contributed by atoms with Crippen molar-refractivity contribution in [3.05, 3.63) is 47.8 Å². The molecule has 1 aromatic carbocycles. The topological polar surface area (TPSA) is 134 Å². The van der Waals surface area contributed by atoms with Crippen LogP contribution in [-0.2, 0) is 6.18 Å². The number of aromatic amines is 1. The van der Waals surface area contributed by atoms with E-state index in [1.807, 2.05) is 0 Å². The molecule has 3 aromatic rings. The highest BCUT2D eigenvalue weighted by Crippen LogP contribution is 2.39. The Morgan fingerprint density at radius 2 is 1.96 bits per heavy atom. The van der Waals surface area contributed by atoms with Crippen LogP contribution in [0.3, 0.4) is 0 Å². The van der Waals surface area contributed by atoms with Crippen LogP contribution in [0.2, 0.25) is 0 Å². The van der Waals surface area contributed by atoms with E-state index in [4.69, 9.17) is 21.6 Å². The smallest absolute Gasteiger partial charge is 0.417 e. The number of aromatic nitrogens is 2. The van der Waals surface area contributed by atoms with Crippen LogP contribution in [-0.4, -0.2) is 33.8 Å². The number of guanidine groups is 1. The van der Waals surface area contributed by atoms with Gasteiger partial charge in [0, 0.05) is 30.8 Å². The third-order valence-corrected chi connectivity index (χ3v) is 3.90. The van der Waals surface area contributed by atoms with Crippen molar-refractivity contribution in [1.29, 1.82) is 5.41 Å². The maximum atomic E-state index is 13.5. The summed E-state index contributed by atoms with van der Waals surface area (Å²) in [6.07, 6.45) is -3.33. The van der Waals surface area contributed by atoms with Crippen LogP contribution in [0.15, 0.2) is 36.5 Å². The van der Waals surface area contributed by atoms with Crippen LogP contribution < -0.4 is 16.2 Å². The van der Waals surface area contributed by atoms with E-state index in [1.54, 1.807) is 0 Å². The number of nitrogens with zero attached hydrogens (tertiary/aromatic N) is 2. The number of rotatable bonds is 3.